The normalized spacial score (nSPS) is 10.9. The number of hydrogen-bond acceptors (Lipinski definition) is 5. The third-order valence-electron chi connectivity index (χ3n) is 9.18. The van der Waals surface area contributed by atoms with E-state index < -0.39 is 0 Å². The molecule has 0 saturated carbocycles. The Morgan fingerprint density at radius 2 is 1.44 bits per heavy atom. The number of furan rings is 1. The Labute approximate surface area is 316 Å². The van der Waals surface area contributed by atoms with Gasteiger partial charge in [-0.15, -0.1) is 47.5 Å². The van der Waals surface area contributed by atoms with Crippen LogP contribution in [0.25, 0.3) is 77.6 Å². The van der Waals surface area contributed by atoms with E-state index in [1.165, 1.54) is 22.3 Å². The second-order valence-electron chi connectivity index (χ2n) is 12.9. The average molecular weight is 851 g/mol. The Bertz CT molecular complexity index is 2680. The van der Waals surface area contributed by atoms with E-state index >= 15 is 0 Å². The first-order chi connectivity index (χ1) is 24.9. The number of nitrogens with zero attached hydrogens (tertiary/aromatic N) is 4. The van der Waals surface area contributed by atoms with Gasteiger partial charge in [0.1, 0.15) is 0 Å². The summed E-state index contributed by atoms with van der Waals surface area (Å²) in [6.45, 7) is 8.21. The first-order valence-corrected chi connectivity index (χ1v) is 16.9. The first kappa shape index (κ1) is 34.6. The van der Waals surface area contributed by atoms with E-state index in [9.17, 15) is 0 Å². The Kier molecular flexibility index (Phi) is 9.86. The predicted octanol–water partition coefficient (Wildman–Crippen LogP) is 11.5. The van der Waals surface area contributed by atoms with Crippen LogP contribution in [0.2, 0.25) is 0 Å². The topological polar surface area (TPSA) is 64.7 Å². The van der Waals surface area contributed by atoms with Gasteiger partial charge in [-0.05, 0) is 89.6 Å². The SMILES string of the molecule is Cc1ccc(-c2[c-]cc(C)c(-c3ccccc3)c2)nc1.Cc1ccc2c(n1)oc1c(-c3cc(-c4ccc5cnccc5c4)c(C)cn3)[c-]ccc12.[Ir]. The molecule has 0 aliphatic carbocycles. The Morgan fingerprint density at radius 1 is 0.615 bits per heavy atom. The Hall–Kier alpha value is -5.81. The summed E-state index contributed by atoms with van der Waals surface area (Å²) in [5, 5.41) is 4.32. The van der Waals surface area contributed by atoms with Crippen molar-refractivity contribution in [3.05, 3.63) is 168 Å². The van der Waals surface area contributed by atoms with Gasteiger partial charge in [-0.25, -0.2) is 4.98 Å². The molecule has 0 spiro atoms. The third kappa shape index (κ3) is 6.91. The van der Waals surface area contributed by atoms with Crippen molar-refractivity contribution >= 4 is 32.8 Å². The van der Waals surface area contributed by atoms with Gasteiger partial charge in [-0.1, -0.05) is 84.1 Å². The van der Waals surface area contributed by atoms with E-state index in [2.05, 4.69) is 108 Å². The summed E-state index contributed by atoms with van der Waals surface area (Å²) in [4.78, 5) is 18.0. The molecule has 255 valence electrons. The quantitative estimate of drug-likeness (QED) is 0.165. The molecule has 0 atom stereocenters. The van der Waals surface area contributed by atoms with Crippen molar-refractivity contribution in [2.75, 3.05) is 0 Å². The molecular formula is C46H34IrN4O-2. The second-order valence-corrected chi connectivity index (χ2v) is 12.9. The number of benzene rings is 4. The summed E-state index contributed by atoms with van der Waals surface area (Å²) >= 11 is 0. The zero-order valence-electron chi connectivity index (χ0n) is 29.2. The molecule has 9 aromatic rings. The standard InChI is InChI=1S/C27H18N3O.C19H16N.Ir/c1-16-14-29-25(13-24(16)19-7-8-20-15-28-11-10-18(20)12-19)23-5-3-4-21-22-9-6-17(2)30-27(22)31-26(21)23;1-14-8-11-19(20-13-14)17-10-9-15(2)18(12-17)16-6-4-3-5-7-16;/h3-4,6-15H,1-2H3;3-9,11-13H,1-2H3;/q2*-1;. The molecule has 0 fully saturated rings. The molecule has 0 aliphatic heterocycles. The molecule has 4 aromatic carbocycles. The van der Waals surface area contributed by atoms with Crippen molar-refractivity contribution in [1.82, 2.24) is 19.9 Å². The molecule has 6 heteroatoms. The van der Waals surface area contributed by atoms with Crippen LogP contribution >= 0.6 is 0 Å². The minimum atomic E-state index is 0. The van der Waals surface area contributed by atoms with Crippen LogP contribution in [-0.4, -0.2) is 19.9 Å². The van der Waals surface area contributed by atoms with Gasteiger partial charge in [0.05, 0.1) is 5.58 Å². The molecule has 5 aromatic heterocycles. The van der Waals surface area contributed by atoms with Gasteiger partial charge in [0.2, 0.25) is 5.71 Å². The predicted molar refractivity (Wildman–Crippen MR) is 207 cm³/mol. The fraction of sp³-hybridized carbons (Fsp3) is 0.0870. The van der Waals surface area contributed by atoms with Crippen molar-refractivity contribution in [3.8, 4) is 44.8 Å². The van der Waals surface area contributed by atoms with Crippen LogP contribution in [0.4, 0.5) is 0 Å². The molecule has 0 aliphatic rings. The molecule has 0 bridgehead atoms. The first-order valence-electron chi connectivity index (χ1n) is 16.9. The number of rotatable bonds is 4. The molecule has 5 nitrogen and oxygen atoms in total. The maximum absolute atomic E-state index is 6.16. The molecular weight excluding hydrogens is 817 g/mol. The van der Waals surface area contributed by atoms with Crippen molar-refractivity contribution < 1.29 is 24.5 Å². The van der Waals surface area contributed by atoms with Gasteiger partial charge in [0, 0.05) is 61.4 Å². The van der Waals surface area contributed by atoms with E-state index in [0.29, 0.717) is 5.71 Å². The van der Waals surface area contributed by atoms with Crippen molar-refractivity contribution in [3.63, 3.8) is 0 Å². The monoisotopic (exact) mass is 851 g/mol. The fourth-order valence-corrected chi connectivity index (χ4v) is 6.39. The largest absolute Gasteiger partial charge is 0.486 e. The second kappa shape index (κ2) is 14.8. The van der Waals surface area contributed by atoms with Crippen LogP contribution in [0.1, 0.15) is 22.4 Å². The van der Waals surface area contributed by atoms with Gasteiger partial charge in [0.15, 0.2) is 0 Å². The molecule has 0 unspecified atom stereocenters. The van der Waals surface area contributed by atoms with Crippen LogP contribution in [-0.2, 0) is 20.1 Å². The average Bonchev–Trinajstić information content (AvgIpc) is 3.54. The molecule has 0 amide bonds. The van der Waals surface area contributed by atoms with Crippen molar-refractivity contribution in [1.29, 1.82) is 0 Å². The van der Waals surface area contributed by atoms with Crippen LogP contribution < -0.4 is 0 Å². The smallest absolute Gasteiger partial charge is 0.216 e. The van der Waals surface area contributed by atoms with Gasteiger partial charge in [-0.3, -0.25) is 4.98 Å². The minimum Gasteiger partial charge on any atom is -0.486 e. The van der Waals surface area contributed by atoms with Crippen molar-refractivity contribution in [2.24, 2.45) is 0 Å². The van der Waals surface area contributed by atoms with E-state index in [1.807, 2.05) is 81.1 Å². The van der Waals surface area contributed by atoms with Gasteiger partial charge in [-0.2, -0.15) is 0 Å². The van der Waals surface area contributed by atoms with Crippen LogP contribution in [0.15, 0.2) is 138 Å². The maximum atomic E-state index is 6.16. The number of pyridine rings is 4. The number of aryl methyl sites for hydroxylation is 4. The summed E-state index contributed by atoms with van der Waals surface area (Å²) in [7, 11) is 0. The van der Waals surface area contributed by atoms with Crippen LogP contribution in [0, 0.1) is 39.8 Å². The van der Waals surface area contributed by atoms with Crippen LogP contribution in [0.5, 0.6) is 0 Å². The fourth-order valence-electron chi connectivity index (χ4n) is 6.39. The summed E-state index contributed by atoms with van der Waals surface area (Å²) in [6, 6.07) is 44.0. The molecule has 52 heavy (non-hydrogen) atoms. The van der Waals surface area contributed by atoms with Crippen molar-refractivity contribution in [2.45, 2.75) is 27.7 Å². The van der Waals surface area contributed by atoms with Gasteiger partial charge < -0.3 is 14.4 Å². The summed E-state index contributed by atoms with van der Waals surface area (Å²) in [5.74, 6) is 0. The van der Waals surface area contributed by atoms with Gasteiger partial charge >= 0.3 is 0 Å². The summed E-state index contributed by atoms with van der Waals surface area (Å²) < 4.78 is 6.16. The molecule has 9 rings (SSSR count). The Morgan fingerprint density at radius 3 is 2.27 bits per heavy atom. The number of hydrogen-bond donors (Lipinski definition) is 0. The minimum absolute atomic E-state index is 0. The van der Waals surface area contributed by atoms with E-state index in [0.717, 1.165) is 72.0 Å². The number of fused-ring (bicyclic) bond motifs is 4. The van der Waals surface area contributed by atoms with E-state index in [4.69, 9.17) is 9.40 Å². The molecule has 1 radical (unpaired) electrons. The zero-order valence-corrected chi connectivity index (χ0v) is 31.6. The molecule has 0 N–H and O–H groups in total. The van der Waals surface area contributed by atoms with Gasteiger partial charge in [0.25, 0.3) is 0 Å². The third-order valence-corrected chi connectivity index (χ3v) is 9.18. The summed E-state index contributed by atoms with van der Waals surface area (Å²) in [6.07, 6.45) is 7.52. The number of aromatic nitrogens is 4. The summed E-state index contributed by atoms with van der Waals surface area (Å²) in [5.41, 5.74) is 14.3. The maximum Gasteiger partial charge on any atom is 0.216 e. The van der Waals surface area contributed by atoms with E-state index in [1.54, 1.807) is 0 Å². The molecule has 0 saturated heterocycles. The van der Waals surface area contributed by atoms with E-state index in [-0.39, 0.29) is 20.1 Å². The van der Waals surface area contributed by atoms with Crippen LogP contribution in [0.3, 0.4) is 0 Å². The molecule has 5 heterocycles. The Balaban J connectivity index is 0.000000174. The zero-order chi connectivity index (χ0) is 34.9.